The van der Waals surface area contributed by atoms with Gasteiger partial charge in [0.2, 0.25) is 0 Å². The molecule has 0 saturated carbocycles. The van der Waals surface area contributed by atoms with Crippen LogP contribution in [0.25, 0.3) is 10.3 Å². The molecule has 0 atom stereocenters. The molecule has 0 saturated heterocycles. The number of thiophene rings is 1. The number of carbonyl (C=O) groups is 1. The Morgan fingerprint density at radius 3 is 2.90 bits per heavy atom. The zero-order valence-corrected chi connectivity index (χ0v) is 12.9. The van der Waals surface area contributed by atoms with E-state index in [4.69, 9.17) is 5.73 Å². The van der Waals surface area contributed by atoms with E-state index < -0.39 is 0 Å². The number of aromatic nitrogens is 3. The molecule has 3 aromatic heterocycles. The molecule has 0 radical (unpaired) electrons. The van der Waals surface area contributed by atoms with Crippen molar-refractivity contribution in [2.75, 3.05) is 12.3 Å². The van der Waals surface area contributed by atoms with Crippen LogP contribution >= 0.6 is 22.7 Å². The molecule has 0 fully saturated rings. The average Bonchev–Trinajstić information content (AvgIpc) is 3.03. The summed E-state index contributed by atoms with van der Waals surface area (Å²) in [7, 11) is 0. The maximum atomic E-state index is 12.2. The van der Waals surface area contributed by atoms with Crippen molar-refractivity contribution in [2.24, 2.45) is 0 Å². The van der Waals surface area contributed by atoms with Crippen LogP contribution in [0.4, 0.5) is 5.69 Å². The summed E-state index contributed by atoms with van der Waals surface area (Å²) in [6.45, 7) is 2.49. The van der Waals surface area contributed by atoms with Crippen LogP contribution in [0.15, 0.2) is 17.8 Å². The summed E-state index contributed by atoms with van der Waals surface area (Å²) in [5.41, 5.74) is 7.93. The van der Waals surface area contributed by atoms with Crippen molar-refractivity contribution in [2.45, 2.75) is 13.3 Å². The lowest BCUT2D eigenvalue weighted by Crippen LogP contribution is -2.25. The van der Waals surface area contributed by atoms with Gasteiger partial charge in [-0.2, -0.15) is 0 Å². The Morgan fingerprint density at radius 2 is 2.19 bits per heavy atom. The second-order valence-electron chi connectivity index (χ2n) is 4.42. The Balaban J connectivity index is 1.68. The van der Waals surface area contributed by atoms with Gasteiger partial charge in [0.05, 0.1) is 16.4 Å². The maximum absolute atomic E-state index is 12.2. The van der Waals surface area contributed by atoms with Crippen LogP contribution in [0.1, 0.15) is 20.4 Å². The van der Waals surface area contributed by atoms with Crippen LogP contribution in [0.5, 0.6) is 0 Å². The molecule has 1 amide bonds. The third-order valence-corrected chi connectivity index (χ3v) is 4.83. The quantitative estimate of drug-likeness (QED) is 0.767. The maximum Gasteiger partial charge on any atom is 0.263 e. The molecule has 0 spiro atoms. The zero-order valence-electron chi connectivity index (χ0n) is 11.3. The summed E-state index contributed by atoms with van der Waals surface area (Å²) in [6.07, 6.45) is 3.86. The molecule has 3 aromatic rings. The number of aryl methyl sites for hydroxylation is 1. The molecular formula is C13H13N5OS2. The minimum atomic E-state index is -0.191. The van der Waals surface area contributed by atoms with Crippen LogP contribution in [0, 0.1) is 6.92 Å². The lowest BCUT2D eigenvalue weighted by Gasteiger charge is -2.02. The zero-order chi connectivity index (χ0) is 14.8. The molecule has 0 unspecified atom stereocenters. The molecule has 0 aliphatic carbocycles. The minimum absolute atomic E-state index is 0.191. The van der Waals surface area contributed by atoms with Crippen molar-refractivity contribution in [3.63, 3.8) is 0 Å². The summed E-state index contributed by atoms with van der Waals surface area (Å²) < 4.78 is 0. The normalized spacial score (nSPS) is 10.9. The highest BCUT2D eigenvalue weighted by molar-refractivity contribution is 7.21. The van der Waals surface area contributed by atoms with Gasteiger partial charge in [-0.1, -0.05) is 0 Å². The molecule has 3 rings (SSSR count). The Morgan fingerprint density at radius 1 is 1.38 bits per heavy atom. The number of nitrogens with two attached hydrogens (primary N) is 1. The van der Waals surface area contributed by atoms with E-state index >= 15 is 0 Å². The fourth-order valence-electron chi connectivity index (χ4n) is 1.92. The molecule has 3 N–H and O–H groups in total. The van der Waals surface area contributed by atoms with Crippen LogP contribution < -0.4 is 11.1 Å². The molecule has 0 bridgehead atoms. The van der Waals surface area contributed by atoms with Crippen molar-refractivity contribution < 1.29 is 4.79 Å². The van der Waals surface area contributed by atoms with E-state index in [9.17, 15) is 4.79 Å². The van der Waals surface area contributed by atoms with E-state index in [0.29, 0.717) is 33.9 Å². The smallest absolute Gasteiger partial charge is 0.263 e. The van der Waals surface area contributed by atoms with Crippen LogP contribution in [-0.4, -0.2) is 27.4 Å². The molecule has 108 valence electrons. The number of hydrogen-bond donors (Lipinski definition) is 2. The number of nitrogen functional groups attached to an aromatic ring is 1. The van der Waals surface area contributed by atoms with E-state index in [1.807, 2.05) is 12.3 Å². The van der Waals surface area contributed by atoms with Gasteiger partial charge in [-0.3, -0.25) is 4.79 Å². The summed E-state index contributed by atoms with van der Waals surface area (Å²) in [5, 5.41) is 5.89. The summed E-state index contributed by atoms with van der Waals surface area (Å²) >= 11 is 2.86. The monoisotopic (exact) mass is 319 g/mol. The van der Waals surface area contributed by atoms with Gasteiger partial charge in [0.1, 0.15) is 15.2 Å². The largest absolute Gasteiger partial charge is 0.396 e. The Bertz CT molecular complexity index is 795. The Kier molecular flexibility index (Phi) is 3.80. The molecule has 21 heavy (non-hydrogen) atoms. The van der Waals surface area contributed by atoms with Gasteiger partial charge < -0.3 is 11.1 Å². The van der Waals surface area contributed by atoms with Gasteiger partial charge in [-0.05, 0) is 6.92 Å². The highest BCUT2D eigenvalue weighted by Gasteiger charge is 2.17. The number of hydrogen-bond acceptors (Lipinski definition) is 7. The number of thiazole rings is 1. The molecule has 0 aliphatic rings. The molecule has 0 aliphatic heterocycles. The van der Waals surface area contributed by atoms with Crippen molar-refractivity contribution in [1.82, 2.24) is 20.3 Å². The second kappa shape index (κ2) is 5.74. The predicted octanol–water partition coefficient (Wildman–Crippen LogP) is 2.01. The van der Waals surface area contributed by atoms with Crippen molar-refractivity contribution in [3.8, 4) is 0 Å². The highest BCUT2D eigenvalue weighted by atomic mass is 32.1. The lowest BCUT2D eigenvalue weighted by molar-refractivity contribution is 0.0959. The van der Waals surface area contributed by atoms with Gasteiger partial charge in [0.25, 0.3) is 5.91 Å². The topological polar surface area (TPSA) is 93.8 Å². The van der Waals surface area contributed by atoms with Gasteiger partial charge >= 0.3 is 0 Å². The molecular weight excluding hydrogens is 306 g/mol. The first-order chi connectivity index (χ1) is 10.1. The Labute approximate surface area is 129 Å². The van der Waals surface area contributed by atoms with Crippen molar-refractivity contribution in [1.29, 1.82) is 0 Å². The number of anilines is 1. The third-order valence-electron chi connectivity index (χ3n) is 2.90. The first-order valence-electron chi connectivity index (χ1n) is 6.33. The fraction of sp³-hybridized carbons (Fsp3) is 0.231. The molecule has 0 aromatic carbocycles. The minimum Gasteiger partial charge on any atom is -0.396 e. The van der Waals surface area contributed by atoms with Gasteiger partial charge in [-0.25, -0.2) is 15.0 Å². The summed E-state index contributed by atoms with van der Waals surface area (Å²) in [6, 6.07) is 0. The van der Waals surface area contributed by atoms with Crippen molar-refractivity contribution in [3.05, 3.63) is 33.4 Å². The van der Waals surface area contributed by atoms with Crippen LogP contribution in [0.2, 0.25) is 0 Å². The lowest BCUT2D eigenvalue weighted by atomic mass is 10.3. The van der Waals surface area contributed by atoms with E-state index in [2.05, 4.69) is 20.3 Å². The number of carbonyl (C=O) groups excluding carboxylic acids is 1. The Hall–Kier alpha value is -2.06. The molecule has 3 heterocycles. The SMILES string of the molecule is Cc1nc(CCNC(=O)c2sc3nccnc3c2N)cs1. The number of nitrogens with one attached hydrogen (secondary N) is 1. The predicted molar refractivity (Wildman–Crippen MR) is 84.7 cm³/mol. The van der Waals surface area contributed by atoms with Gasteiger partial charge in [-0.15, -0.1) is 22.7 Å². The first kappa shape index (κ1) is 13.9. The first-order valence-corrected chi connectivity index (χ1v) is 8.03. The summed E-state index contributed by atoms with van der Waals surface area (Å²) in [4.78, 5) is 26.0. The number of rotatable bonds is 4. The number of amides is 1. The van der Waals surface area contributed by atoms with Crippen LogP contribution in [-0.2, 0) is 6.42 Å². The highest BCUT2D eigenvalue weighted by Crippen LogP contribution is 2.30. The second-order valence-corrected chi connectivity index (χ2v) is 6.48. The van der Waals surface area contributed by atoms with E-state index in [0.717, 1.165) is 10.7 Å². The molecule has 8 heteroatoms. The average molecular weight is 319 g/mol. The van der Waals surface area contributed by atoms with Gasteiger partial charge in [0.15, 0.2) is 0 Å². The fourth-order valence-corrected chi connectivity index (χ4v) is 3.50. The van der Waals surface area contributed by atoms with E-state index in [1.54, 1.807) is 23.7 Å². The third kappa shape index (κ3) is 2.86. The van der Waals surface area contributed by atoms with E-state index in [1.165, 1.54) is 11.3 Å². The number of nitrogens with zero attached hydrogens (tertiary/aromatic N) is 3. The van der Waals surface area contributed by atoms with Gasteiger partial charge in [0, 0.05) is 30.7 Å². The van der Waals surface area contributed by atoms with Crippen LogP contribution in [0.3, 0.4) is 0 Å². The van der Waals surface area contributed by atoms with E-state index in [-0.39, 0.29) is 5.91 Å². The van der Waals surface area contributed by atoms with Crippen molar-refractivity contribution >= 4 is 44.6 Å². The standard InChI is InChI=1S/C13H13N5OS2/c1-7-18-8(6-20-7)2-3-16-12(19)11-9(14)10-13(21-11)17-5-4-15-10/h4-6H,2-3,14H2,1H3,(H,16,19). The number of fused-ring (bicyclic) bond motifs is 1. The summed E-state index contributed by atoms with van der Waals surface area (Å²) in [5.74, 6) is -0.191. The molecule has 6 nitrogen and oxygen atoms in total.